The molecule has 2 heterocycles. The molecule has 6 nitrogen and oxygen atoms in total. The Hall–Kier alpha value is -1.90. The van der Waals surface area contributed by atoms with E-state index < -0.39 is 10.0 Å². The number of carbonyl (C=O) groups is 1. The first-order chi connectivity index (χ1) is 14.3. The lowest BCUT2D eigenvalue weighted by atomic mass is 9.96. The van der Waals surface area contributed by atoms with Gasteiger partial charge in [0, 0.05) is 35.7 Å². The van der Waals surface area contributed by atoms with Crippen molar-refractivity contribution in [3.63, 3.8) is 0 Å². The molecule has 2 aliphatic heterocycles. The summed E-state index contributed by atoms with van der Waals surface area (Å²) in [5.74, 6) is 0.283. The Kier molecular flexibility index (Phi) is 5.92. The molecule has 1 amide bonds. The number of hydrogen-bond acceptors (Lipinski definition) is 4. The number of amides is 1. The SMILES string of the molecule is COc1ccc(C)cc1S(=O)(=O)N1CCC(C(=O)N2CCc3cc(Br)ccc32)CC1. The Morgan fingerprint density at radius 3 is 2.53 bits per heavy atom. The molecule has 0 aliphatic carbocycles. The molecule has 0 atom stereocenters. The smallest absolute Gasteiger partial charge is 0.246 e. The Balaban J connectivity index is 1.47. The van der Waals surface area contributed by atoms with E-state index in [1.807, 2.05) is 30.0 Å². The predicted octanol–water partition coefficient (Wildman–Crippen LogP) is 3.76. The number of aryl methyl sites for hydroxylation is 1. The molecule has 0 N–H and O–H groups in total. The van der Waals surface area contributed by atoms with Crippen molar-refractivity contribution in [2.75, 3.05) is 31.6 Å². The van der Waals surface area contributed by atoms with Crippen molar-refractivity contribution in [3.8, 4) is 5.75 Å². The molecule has 8 heteroatoms. The van der Waals surface area contributed by atoms with Crippen molar-refractivity contribution in [2.45, 2.75) is 31.1 Å². The van der Waals surface area contributed by atoms with E-state index in [9.17, 15) is 13.2 Å². The molecule has 2 aliphatic rings. The molecule has 0 unspecified atom stereocenters. The third-order valence-corrected chi connectivity index (χ3v) is 8.36. The van der Waals surface area contributed by atoms with Gasteiger partial charge in [-0.2, -0.15) is 4.31 Å². The molecule has 1 fully saturated rings. The van der Waals surface area contributed by atoms with Crippen LogP contribution < -0.4 is 9.64 Å². The van der Waals surface area contributed by atoms with Crippen molar-refractivity contribution in [1.82, 2.24) is 4.31 Å². The van der Waals surface area contributed by atoms with Crippen LogP contribution in [0, 0.1) is 12.8 Å². The minimum Gasteiger partial charge on any atom is -0.495 e. The summed E-state index contributed by atoms with van der Waals surface area (Å²) in [6.45, 7) is 3.20. The van der Waals surface area contributed by atoms with E-state index in [4.69, 9.17) is 4.74 Å². The topological polar surface area (TPSA) is 66.9 Å². The van der Waals surface area contributed by atoms with Crippen LogP contribution in [0.3, 0.4) is 0 Å². The Morgan fingerprint density at radius 2 is 1.83 bits per heavy atom. The number of benzene rings is 2. The zero-order chi connectivity index (χ0) is 21.5. The summed E-state index contributed by atoms with van der Waals surface area (Å²) < 4.78 is 34.2. The van der Waals surface area contributed by atoms with Crippen LogP contribution in [0.4, 0.5) is 5.69 Å². The van der Waals surface area contributed by atoms with Gasteiger partial charge in [-0.3, -0.25) is 4.79 Å². The zero-order valence-corrected chi connectivity index (χ0v) is 19.5. The number of carbonyl (C=O) groups excluding carboxylic acids is 1. The number of methoxy groups -OCH3 is 1. The lowest BCUT2D eigenvalue weighted by Gasteiger charge is -2.33. The number of fused-ring (bicyclic) bond motifs is 1. The van der Waals surface area contributed by atoms with Gasteiger partial charge in [-0.25, -0.2) is 8.42 Å². The van der Waals surface area contributed by atoms with Gasteiger partial charge in [-0.05, 0) is 67.6 Å². The van der Waals surface area contributed by atoms with Gasteiger partial charge in [0.1, 0.15) is 10.6 Å². The van der Waals surface area contributed by atoms with Crippen LogP contribution in [0.25, 0.3) is 0 Å². The van der Waals surface area contributed by atoms with Gasteiger partial charge in [0.2, 0.25) is 15.9 Å². The van der Waals surface area contributed by atoms with Crippen molar-refractivity contribution >= 4 is 37.5 Å². The average Bonchev–Trinajstić information content (AvgIpc) is 3.16. The quantitative estimate of drug-likeness (QED) is 0.651. The third kappa shape index (κ3) is 3.88. The van der Waals surface area contributed by atoms with Crippen LogP contribution in [0.5, 0.6) is 5.75 Å². The Bertz CT molecular complexity index is 1080. The second-order valence-electron chi connectivity index (χ2n) is 7.85. The highest BCUT2D eigenvalue weighted by atomic mass is 79.9. The van der Waals surface area contributed by atoms with E-state index in [0.29, 0.717) is 38.2 Å². The van der Waals surface area contributed by atoms with Gasteiger partial charge < -0.3 is 9.64 Å². The molecule has 2 aromatic rings. The molecular formula is C22H25BrN2O4S. The molecule has 30 heavy (non-hydrogen) atoms. The molecule has 0 bridgehead atoms. The van der Waals surface area contributed by atoms with E-state index in [1.54, 1.807) is 12.1 Å². The van der Waals surface area contributed by atoms with Gasteiger partial charge in [0.05, 0.1) is 7.11 Å². The van der Waals surface area contributed by atoms with Crippen LogP contribution in [0.2, 0.25) is 0 Å². The average molecular weight is 493 g/mol. The molecular weight excluding hydrogens is 468 g/mol. The standard InChI is InChI=1S/C22H25BrN2O4S/c1-15-3-6-20(29-2)21(13-15)30(27,28)24-10-7-16(8-11-24)22(26)25-12-9-17-14-18(23)4-5-19(17)25/h3-6,13-14,16H,7-12H2,1-2H3. The van der Waals surface area contributed by atoms with Crippen LogP contribution in [-0.2, 0) is 21.2 Å². The third-order valence-electron chi connectivity index (χ3n) is 5.94. The van der Waals surface area contributed by atoms with Crippen molar-refractivity contribution < 1.29 is 17.9 Å². The van der Waals surface area contributed by atoms with E-state index >= 15 is 0 Å². The number of halogens is 1. The molecule has 0 aromatic heterocycles. The lowest BCUT2D eigenvalue weighted by Crippen LogP contribution is -2.44. The van der Waals surface area contributed by atoms with E-state index in [0.717, 1.165) is 22.1 Å². The number of sulfonamides is 1. The summed E-state index contributed by atoms with van der Waals surface area (Å²) in [6.07, 6.45) is 1.89. The fourth-order valence-electron chi connectivity index (χ4n) is 4.29. The highest BCUT2D eigenvalue weighted by molar-refractivity contribution is 9.10. The van der Waals surface area contributed by atoms with Crippen molar-refractivity contribution in [2.24, 2.45) is 5.92 Å². The highest BCUT2D eigenvalue weighted by Crippen LogP contribution is 2.35. The summed E-state index contributed by atoms with van der Waals surface area (Å²) in [5.41, 5.74) is 3.01. The van der Waals surface area contributed by atoms with Crippen molar-refractivity contribution in [3.05, 3.63) is 52.0 Å². The molecule has 1 saturated heterocycles. The fourth-order valence-corrected chi connectivity index (χ4v) is 6.41. The van der Waals surface area contributed by atoms with Gasteiger partial charge in [0.25, 0.3) is 0 Å². The normalized spacial score (nSPS) is 17.8. The van der Waals surface area contributed by atoms with E-state index in [-0.39, 0.29) is 16.7 Å². The van der Waals surface area contributed by atoms with Gasteiger partial charge >= 0.3 is 0 Å². The summed E-state index contributed by atoms with van der Waals surface area (Å²) >= 11 is 3.48. The zero-order valence-electron chi connectivity index (χ0n) is 17.1. The summed E-state index contributed by atoms with van der Waals surface area (Å²) in [5, 5.41) is 0. The summed E-state index contributed by atoms with van der Waals surface area (Å²) in [6, 6.07) is 11.2. The monoisotopic (exact) mass is 492 g/mol. The van der Waals surface area contributed by atoms with Gasteiger partial charge in [-0.1, -0.05) is 22.0 Å². The molecule has 160 valence electrons. The summed E-state index contributed by atoms with van der Waals surface area (Å²) in [7, 11) is -2.20. The highest BCUT2D eigenvalue weighted by Gasteiger charge is 2.36. The minimum atomic E-state index is -3.67. The van der Waals surface area contributed by atoms with Gasteiger partial charge in [-0.15, -0.1) is 0 Å². The fraction of sp³-hybridized carbons (Fsp3) is 0.409. The van der Waals surface area contributed by atoms with Crippen LogP contribution in [0.1, 0.15) is 24.0 Å². The Labute approximate surface area is 186 Å². The van der Waals surface area contributed by atoms with Gasteiger partial charge in [0.15, 0.2) is 0 Å². The predicted molar refractivity (Wildman–Crippen MR) is 119 cm³/mol. The summed E-state index contributed by atoms with van der Waals surface area (Å²) in [4.78, 5) is 15.2. The maximum Gasteiger partial charge on any atom is 0.246 e. The molecule has 0 saturated carbocycles. The molecule has 0 radical (unpaired) electrons. The first-order valence-corrected chi connectivity index (χ1v) is 12.3. The number of rotatable bonds is 4. The Morgan fingerprint density at radius 1 is 1.10 bits per heavy atom. The van der Waals surface area contributed by atoms with E-state index in [1.165, 1.54) is 17.0 Å². The minimum absolute atomic E-state index is 0.0984. The first-order valence-electron chi connectivity index (χ1n) is 10.1. The van der Waals surface area contributed by atoms with Crippen LogP contribution in [0.15, 0.2) is 45.8 Å². The van der Waals surface area contributed by atoms with Crippen molar-refractivity contribution in [1.29, 1.82) is 0 Å². The number of anilines is 1. The number of ether oxygens (including phenoxy) is 1. The second kappa shape index (κ2) is 8.32. The number of hydrogen-bond donors (Lipinski definition) is 0. The molecule has 4 rings (SSSR count). The first kappa shape index (κ1) is 21.3. The van der Waals surface area contributed by atoms with Crippen LogP contribution >= 0.6 is 15.9 Å². The number of nitrogens with zero attached hydrogens (tertiary/aromatic N) is 2. The number of piperidine rings is 1. The largest absolute Gasteiger partial charge is 0.495 e. The van der Waals surface area contributed by atoms with Crippen LogP contribution in [-0.4, -0.2) is 45.4 Å². The maximum atomic E-state index is 13.2. The second-order valence-corrected chi connectivity index (χ2v) is 10.7. The lowest BCUT2D eigenvalue weighted by molar-refractivity contribution is -0.123. The molecule has 2 aromatic carbocycles. The van der Waals surface area contributed by atoms with E-state index in [2.05, 4.69) is 22.0 Å². The maximum absolute atomic E-state index is 13.2. The molecule has 0 spiro atoms.